The summed E-state index contributed by atoms with van der Waals surface area (Å²) < 4.78 is 5.17. The summed E-state index contributed by atoms with van der Waals surface area (Å²) in [6.07, 6.45) is 7.27. The van der Waals surface area contributed by atoms with Crippen LogP contribution in [-0.4, -0.2) is 53.6 Å². The van der Waals surface area contributed by atoms with Crippen molar-refractivity contribution < 1.29 is 19.4 Å². The number of rotatable bonds is 6. The van der Waals surface area contributed by atoms with Gasteiger partial charge in [-0.15, -0.1) is 17.8 Å². The molecule has 6 atom stereocenters. The molecule has 1 heterocycles. The number of hydrogen-bond acceptors (Lipinski definition) is 6. The first-order valence-electron chi connectivity index (χ1n) is 12.4. The molecule has 0 radical (unpaired) electrons. The number of carbonyl (C=O) groups is 2. The van der Waals surface area contributed by atoms with Gasteiger partial charge in [-0.25, -0.2) is 4.98 Å². The van der Waals surface area contributed by atoms with Crippen molar-refractivity contribution in [3.8, 4) is 18.1 Å². The molecule has 0 spiro atoms. The standard InChI is InChI=1S/C28H35N3O4S/c1-7-14-31(5)26(34)16(2)20-12-13-28(4)15-21-23(17(3)22(28)24(20)32)29-27(36-21)30-25(33)18-8-10-19(35-6)11-9-18/h1,8-11,16-17,20,22,24,32H,12-15H2,2-6H3,(H,29,30,33)/t16-,17-,20-,22+,24-,28+/m0/s1. The Labute approximate surface area is 217 Å². The number of anilines is 1. The average Bonchev–Trinajstić information content (AvgIpc) is 3.25. The first-order chi connectivity index (χ1) is 17.1. The molecule has 2 aliphatic rings. The summed E-state index contributed by atoms with van der Waals surface area (Å²) in [6, 6.07) is 6.95. The number of ether oxygens (including phenoxy) is 1. The highest BCUT2D eigenvalue weighted by molar-refractivity contribution is 7.15. The average molecular weight is 510 g/mol. The Morgan fingerprint density at radius 1 is 1.39 bits per heavy atom. The molecule has 0 bridgehead atoms. The van der Waals surface area contributed by atoms with Gasteiger partial charge in [0.2, 0.25) is 5.91 Å². The molecule has 7 nitrogen and oxygen atoms in total. The minimum absolute atomic E-state index is 0.00479. The van der Waals surface area contributed by atoms with Gasteiger partial charge in [-0.2, -0.15) is 0 Å². The van der Waals surface area contributed by atoms with E-state index in [4.69, 9.17) is 16.1 Å². The van der Waals surface area contributed by atoms with Crippen molar-refractivity contribution in [1.82, 2.24) is 9.88 Å². The zero-order valence-electron chi connectivity index (χ0n) is 21.6. The van der Waals surface area contributed by atoms with E-state index in [1.54, 1.807) is 43.3 Å². The number of terminal acetylenes is 1. The second-order valence-corrected chi connectivity index (χ2v) is 11.6. The number of methoxy groups -OCH3 is 1. The van der Waals surface area contributed by atoms with E-state index in [0.29, 0.717) is 16.4 Å². The summed E-state index contributed by atoms with van der Waals surface area (Å²) in [5.41, 5.74) is 1.37. The van der Waals surface area contributed by atoms with E-state index in [9.17, 15) is 14.7 Å². The highest BCUT2D eigenvalue weighted by Crippen LogP contribution is 2.57. The molecule has 0 saturated heterocycles. The van der Waals surface area contributed by atoms with Crippen LogP contribution in [0.2, 0.25) is 0 Å². The number of nitrogens with zero attached hydrogens (tertiary/aromatic N) is 2. The van der Waals surface area contributed by atoms with Gasteiger partial charge in [0, 0.05) is 29.3 Å². The molecule has 2 N–H and O–H groups in total. The normalized spacial score (nSPS) is 27.7. The van der Waals surface area contributed by atoms with Gasteiger partial charge < -0.3 is 14.7 Å². The van der Waals surface area contributed by atoms with Crippen molar-refractivity contribution in [2.45, 2.75) is 52.1 Å². The van der Waals surface area contributed by atoms with E-state index in [-0.39, 0.29) is 47.4 Å². The second-order valence-electron chi connectivity index (χ2n) is 10.5. The van der Waals surface area contributed by atoms with Crippen LogP contribution in [-0.2, 0) is 11.2 Å². The lowest BCUT2D eigenvalue weighted by Gasteiger charge is -2.53. The number of thiazole rings is 1. The van der Waals surface area contributed by atoms with Crippen LogP contribution in [0.25, 0.3) is 0 Å². The lowest BCUT2D eigenvalue weighted by Crippen LogP contribution is -2.53. The van der Waals surface area contributed by atoms with Crippen molar-refractivity contribution in [2.24, 2.45) is 23.2 Å². The number of hydrogen-bond donors (Lipinski definition) is 2. The van der Waals surface area contributed by atoms with Crippen LogP contribution in [0.15, 0.2) is 24.3 Å². The fourth-order valence-electron chi connectivity index (χ4n) is 6.26. The molecule has 2 aliphatic carbocycles. The molecule has 2 aromatic rings. The van der Waals surface area contributed by atoms with Crippen LogP contribution in [0.4, 0.5) is 5.13 Å². The molecule has 8 heteroatoms. The van der Waals surface area contributed by atoms with Gasteiger partial charge in [-0.3, -0.25) is 14.9 Å². The molecular formula is C28H35N3O4S. The summed E-state index contributed by atoms with van der Waals surface area (Å²) in [5.74, 6) is 2.50. The molecule has 2 amide bonds. The summed E-state index contributed by atoms with van der Waals surface area (Å²) >= 11 is 1.52. The summed E-state index contributed by atoms with van der Waals surface area (Å²) in [5, 5.41) is 15.1. The Morgan fingerprint density at radius 2 is 2.08 bits per heavy atom. The Bertz CT molecular complexity index is 1170. The minimum atomic E-state index is -0.621. The number of amides is 2. The SMILES string of the molecule is C#CCN(C)C(=O)[C@@H](C)[C@@H]1CC[C@]2(C)Cc3sc(NC(=O)c4ccc(OC)cc4)nc3[C@@H](C)[C@@H]2[C@H]1O. The number of aliphatic hydroxyl groups excluding tert-OH is 1. The van der Waals surface area contributed by atoms with E-state index < -0.39 is 6.10 Å². The van der Waals surface area contributed by atoms with Crippen molar-refractivity contribution >= 4 is 28.3 Å². The predicted molar refractivity (Wildman–Crippen MR) is 141 cm³/mol. The molecular weight excluding hydrogens is 474 g/mol. The summed E-state index contributed by atoms with van der Waals surface area (Å²) in [6.45, 7) is 6.51. The van der Waals surface area contributed by atoms with Gasteiger partial charge in [-0.1, -0.05) is 26.7 Å². The molecule has 1 aromatic heterocycles. The minimum Gasteiger partial charge on any atom is -0.497 e. The molecule has 0 unspecified atom stereocenters. The topological polar surface area (TPSA) is 91.8 Å². The third-order valence-electron chi connectivity index (χ3n) is 8.23. The third-order valence-corrected chi connectivity index (χ3v) is 9.22. The van der Waals surface area contributed by atoms with Crippen molar-refractivity contribution in [3.63, 3.8) is 0 Å². The molecule has 1 saturated carbocycles. The highest BCUT2D eigenvalue weighted by Gasteiger charge is 2.54. The smallest absolute Gasteiger partial charge is 0.257 e. The fourth-order valence-corrected chi connectivity index (χ4v) is 7.52. The number of fused-ring (bicyclic) bond motifs is 2. The fraction of sp³-hybridized carbons (Fsp3) is 0.536. The highest BCUT2D eigenvalue weighted by atomic mass is 32.1. The molecule has 4 rings (SSSR count). The van der Waals surface area contributed by atoms with E-state index >= 15 is 0 Å². The van der Waals surface area contributed by atoms with Crippen LogP contribution in [0, 0.1) is 35.5 Å². The van der Waals surface area contributed by atoms with Gasteiger partial charge in [0.15, 0.2) is 5.13 Å². The Hall–Kier alpha value is -2.89. The maximum absolute atomic E-state index is 12.9. The van der Waals surface area contributed by atoms with Crippen LogP contribution < -0.4 is 10.1 Å². The largest absolute Gasteiger partial charge is 0.497 e. The lowest BCUT2D eigenvalue weighted by molar-refractivity contribution is -0.142. The van der Waals surface area contributed by atoms with Crippen LogP contribution in [0.3, 0.4) is 0 Å². The lowest BCUT2D eigenvalue weighted by atomic mass is 9.53. The van der Waals surface area contributed by atoms with Crippen molar-refractivity contribution in [1.29, 1.82) is 0 Å². The van der Waals surface area contributed by atoms with E-state index in [2.05, 4.69) is 25.1 Å². The van der Waals surface area contributed by atoms with Gasteiger partial charge in [0.1, 0.15) is 5.75 Å². The molecule has 1 aromatic carbocycles. The summed E-state index contributed by atoms with van der Waals surface area (Å²) in [7, 11) is 3.30. The molecule has 36 heavy (non-hydrogen) atoms. The van der Waals surface area contributed by atoms with E-state index in [0.717, 1.165) is 29.8 Å². The van der Waals surface area contributed by atoms with Crippen LogP contribution >= 0.6 is 11.3 Å². The second kappa shape index (κ2) is 10.2. The summed E-state index contributed by atoms with van der Waals surface area (Å²) in [4.78, 5) is 33.2. The van der Waals surface area contributed by atoms with Crippen LogP contribution in [0.5, 0.6) is 5.75 Å². The molecule has 1 fully saturated rings. The van der Waals surface area contributed by atoms with Gasteiger partial charge in [-0.05, 0) is 60.8 Å². The Balaban J connectivity index is 1.53. The van der Waals surface area contributed by atoms with E-state index in [1.165, 1.54) is 11.3 Å². The quantitative estimate of drug-likeness (QED) is 0.570. The first-order valence-corrected chi connectivity index (χ1v) is 13.2. The van der Waals surface area contributed by atoms with Crippen molar-refractivity contribution in [3.05, 3.63) is 40.4 Å². The monoisotopic (exact) mass is 509 g/mol. The zero-order valence-corrected chi connectivity index (χ0v) is 22.4. The van der Waals surface area contributed by atoms with Gasteiger partial charge in [0.25, 0.3) is 5.91 Å². The Kier molecular flexibility index (Phi) is 7.44. The predicted octanol–water partition coefficient (Wildman–Crippen LogP) is 4.18. The number of aliphatic hydroxyl groups is 1. The van der Waals surface area contributed by atoms with Gasteiger partial charge in [0.05, 0.1) is 25.5 Å². The number of aromatic nitrogens is 1. The Morgan fingerprint density at radius 3 is 2.72 bits per heavy atom. The van der Waals surface area contributed by atoms with E-state index in [1.807, 2.05) is 6.92 Å². The zero-order chi connectivity index (χ0) is 26.2. The number of carbonyl (C=O) groups excluding carboxylic acids is 2. The van der Waals surface area contributed by atoms with Gasteiger partial charge >= 0.3 is 0 Å². The third kappa shape index (κ3) is 4.74. The molecule has 0 aliphatic heterocycles. The van der Waals surface area contributed by atoms with Crippen molar-refractivity contribution in [2.75, 3.05) is 26.0 Å². The van der Waals surface area contributed by atoms with Crippen LogP contribution in [0.1, 0.15) is 60.5 Å². The maximum Gasteiger partial charge on any atom is 0.257 e. The maximum atomic E-state index is 12.9. The first kappa shape index (κ1) is 26.2. The molecule has 192 valence electrons. The number of benzene rings is 1. The number of nitrogens with one attached hydrogen (secondary N) is 1.